The first-order valence-electron chi connectivity index (χ1n) is 8.15. The van der Waals surface area contributed by atoms with Crippen molar-refractivity contribution in [3.8, 4) is 16.3 Å². The van der Waals surface area contributed by atoms with Crippen LogP contribution in [-0.2, 0) is 11.5 Å². The van der Waals surface area contributed by atoms with Crippen LogP contribution in [0.4, 0.5) is 0 Å². The van der Waals surface area contributed by atoms with Gasteiger partial charge < -0.3 is 9.47 Å². The molecule has 0 fully saturated rings. The maximum absolute atomic E-state index is 12.8. The summed E-state index contributed by atoms with van der Waals surface area (Å²) in [6, 6.07) is 7.46. The van der Waals surface area contributed by atoms with E-state index in [4.69, 9.17) is 26.1 Å². The van der Waals surface area contributed by atoms with Crippen LogP contribution in [0.1, 0.15) is 5.56 Å². The van der Waals surface area contributed by atoms with E-state index in [0.717, 1.165) is 20.8 Å². The Bertz CT molecular complexity index is 1230. The standard InChI is InChI=1S/C19H16ClN3O3S/c1-10-4-12(16-13(5-10)19(24)23(8-21-16)9-25-2)18-22-17-14(20)6-11(26-3)7-15(17)27-18/h4-8H,9H2,1-3H3. The highest BCUT2D eigenvalue weighted by atomic mass is 35.5. The van der Waals surface area contributed by atoms with Crippen molar-refractivity contribution in [3.05, 3.63) is 51.5 Å². The Morgan fingerprint density at radius 2 is 2.00 bits per heavy atom. The summed E-state index contributed by atoms with van der Waals surface area (Å²) in [4.78, 5) is 21.9. The number of thiazole rings is 1. The van der Waals surface area contributed by atoms with Gasteiger partial charge >= 0.3 is 0 Å². The van der Waals surface area contributed by atoms with Crippen LogP contribution < -0.4 is 10.3 Å². The average molecular weight is 402 g/mol. The minimum absolute atomic E-state index is 0.146. The molecule has 0 aliphatic carbocycles. The molecule has 2 aromatic heterocycles. The first-order chi connectivity index (χ1) is 13.0. The molecule has 4 rings (SSSR count). The smallest absolute Gasteiger partial charge is 0.263 e. The van der Waals surface area contributed by atoms with Crippen molar-refractivity contribution in [2.24, 2.45) is 0 Å². The summed E-state index contributed by atoms with van der Waals surface area (Å²) in [5.41, 5.74) is 2.94. The van der Waals surface area contributed by atoms with Gasteiger partial charge in [0.2, 0.25) is 0 Å². The fraction of sp³-hybridized carbons (Fsp3) is 0.211. The number of nitrogens with zero attached hydrogens (tertiary/aromatic N) is 3. The second-order valence-corrected chi connectivity index (χ2v) is 7.56. The van der Waals surface area contributed by atoms with E-state index in [0.29, 0.717) is 27.2 Å². The fourth-order valence-corrected chi connectivity index (χ4v) is 4.35. The second kappa shape index (κ2) is 6.92. The molecule has 0 amide bonds. The maximum atomic E-state index is 12.8. The van der Waals surface area contributed by atoms with Crippen LogP contribution in [0.5, 0.6) is 5.75 Å². The molecule has 0 bridgehead atoms. The lowest BCUT2D eigenvalue weighted by molar-refractivity contribution is 0.128. The molecule has 0 aliphatic heterocycles. The van der Waals surface area contributed by atoms with Crippen molar-refractivity contribution in [1.82, 2.24) is 14.5 Å². The van der Waals surface area contributed by atoms with Crippen LogP contribution in [0, 0.1) is 6.92 Å². The van der Waals surface area contributed by atoms with Gasteiger partial charge in [-0.1, -0.05) is 11.6 Å². The highest BCUT2D eigenvalue weighted by molar-refractivity contribution is 7.21. The van der Waals surface area contributed by atoms with E-state index in [2.05, 4.69) is 4.98 Å². The van der Waals surface area contributed by atoms with E-state index < -0.39 is 0 Å². The predicted octanol–water partition coefficient (Wildman–Crippen LogP) is 4.25. The molecular formula is C19H16ClN3O3S. The molecular weight excluding hydrogens is 386 g/mol. The molecule has 0 N–H and O–H groups in total. The molecule has 2 heterocycles. The number of fused-ring (bicyclic) bond motifs is 2. The van der Waals surface area contributed by atoms with E-state index in [1.54, 1.807) is 13.2 Å². The fourth-order valence-electron chi connectivity index (χ4n) is 3.01. The van der Waals surface area contributed by atoms with Gasteiger partial charge in [-0.15, -0.1) is 11.3 Å². The van der Waals surface area contributed by atoms with Crippen molar-refractivity contribution >= 4 is 44.1 Å². The Morgan fingerprint density at radius 1 is 1.19 bits per heavy atom. The number of ether oxygens (including phenoxy) is 2. The number of methoxy groups -OCH3 is 2. The number of benzene rings is 2. The minimum atomic E-state index is -0.146. The van der Waals surface area contributed by atoms with Gasteiger partial charge in [0, 0.05) is 18.7 Å². The summed E-state index contributed by atoms with van der Waals surface area (Å²) >= 11 is 7.84. The topological polar surface area (TPSA) is 66.2 Å². The van der Waals surface area contributed by atoms with Crippen LogP contribution in [0.2, 0.25) is 5.02 Å². The number of hydrogen-bond donors (Lipinski definition) is 0. The Balaban J connectivity index is 1.99. The van der Waals surface area contributed by atoms with Crippen LogP contribution in [0.25, 0.3) is 31.7 Å². The van der Waals surface area contributed by atoms with Gasteiger partial charge in [0.05, 0.1) is 27.7 Å². The second-order valence-electron chi connectivity index (χ2n) is 6.12. The summed E-state index contributed by atoms with van der Waals surface area (Å²) in [7, 11) is 3.14. The lowest BCUT2D eigenvalue weighted by Crippen LogP contribution is -2.21. The first-order valence-corrected chi connectivity index (χ1v) is 9.34. The molecule has 0 unspecified atom stereocenters. The van der Waals surface area contributed by atoms with Crippen molar-refractivity contribution in [2.75, 3.05) is 14.2 Å². The Morgan fingerprint density at radius 3 is 2.74 bits per heavy atom. The zero-order valence-electron chi connectivity index (χ0n) is 14.9. The monoisotopic (exact) mass is 401 g/mol. The summed E-state index contributed by atoms with van der Waals surface area (Å²) in [5.74, 6) is 0.678. The third kappa shape index (κ3) is 3.07. The van der Waals surface area contributed by atoms with Gasteiger partial charge in [0.15, 0.2) is 0 Å². The average Bonchev–Trinajstić information content (AvgIpc) is 3.08. The van der Waals surface area contributed by atoms with E-state index in [1.807, 2.05) is 25.1 Å². The van der Waals surface area contributed by atoms with Gasteiger partial charge in [-0.3, -0.25) is 9.36 Å². The molecule has 6 nitrogen and oxygen atoms in total. The first kappa shape index (κ1) is 17.9. The normalized spacial score (nSPS) is 11.4. The lowest BCUT2D eigenvalue weighted by atomic mass is 10.1. The molecule has 0 atom stereocenters. The molecule has 0 saturated heterocycles. The lowest BCUT2D eigenvalue weighted by Gasteiger charge is -2.08. The zero-order valence-corrected chi connectivity index (χ0v) is 16.5. The van der Waals surface area contributed by atoms with Crippen LogP contribution in [0.3, 0.4) is 0 Å². The summed E-state index contributed by atoms with van der Waals surface area (Å²) in [6.45, 7) is 2.10. The van der Waals surface area contributed by atoms with E-state index >= 15 is 0 Å². The van der Waals surface area contributed by atoms with Crippen LogP contribution in [0.15, 0.2) is 35.4 Å². The number of halogens is 1. The Hall–Kier alpha value is -2.48. The van der Waals surface area contributed by atoms with Crippen LogP contribution in [-0.4, -0.2) is 28.8 Å². The maximum Gasteiger partial charge on any atom is 0.263 e. The molecule has 4 aromatic rings. The molecule has 0 spiro atoms. The van der Waals surface area contributed by atoms with Gasteiger partial charge in [0.25, 0.3) is 5.56 Å². The van der Waals surface area contributed by atoms with Crippen molar-refractivity contribution in [1.29, 1.82) is 0 Å². The molecule has 27 heavy (non-hydrogen) atoms. The van der Waals surface area contributed by atoms with E-state index in [9.17, 15) is 4.79 Å². The highest BCUT2D eigenvalue weighted by Crippen LogP contribution is 2.38. The Labute approximate surface area is 164 Å². The van der Waals surface area contributed by atoms with Crippen molar-refractivity contribution in [2.45, 2.75) is 13.7 Å². The largest absolute Gasteiger partial charge is 0.497 e. The SMILES string of the molecule is COCn1cnc2c(-c3nc4c(Cl)cc(OC)cc4s3)cc(C)cc2c1=O. The van der Waals surface area contributed by atoms with Gasteiger partial charge in [-0.25, -0.2) is 9.97 Å². The number of rotatable bonds is 4. The van der Waals surface area contributed by atoms with Crippen LogP contribution >= 0.6 is 22.9 Å². The van der Waals surface area contributed by atoms with Gasteiger partial charge in [-0.05, 0) is 30.7 Å². The van der Waals surface area contributed by atoms with Crippen molar-refractivity contribution < 1.29 is 9.47 Å². The van der Waals surface area contributed by atoms with Gasteiger partial charge in [-0.2, -0.15) is 0 Å². The molecule has 8 heteroatoms. The molecule has 2 aromatic carbocycles. The molecule has 0 radical (unpaired) electrons. The molecule has 138 valence electrons. The van der Waals surface area contributed by atoms with Crippen molar-refractivity contribution in [3.63, 3.8) is 0 Å². The number of hydrogen-bond acceptors (Lipinski definition) is 6. The predicted molar refractivity (Wildman–Crippen MR) is 108 cm³/mol. The Kier molecular flexibility index (Phi) is 4.59. The van der Waals surface area contributed by atoms with E-state index in [1.165, 1.54) is 29.3 Å². The molecule has 0 aliphatic rings. The third-order valence-corrected chi connectivity index (χ3v) is 5.55. The van der Waals surface area contributed by atoms with Gasteiger partial charge in [0.1, 0.15) is 29.3 Å². The highest BCUT2D eigenvalue weighted by Gasteiger charge is 2.16. The quantitative estimate of drug-likeness (QED) is 0.511. The summed E-state index contributed by atoms with van der Waals surface area (Å²) < 4.78 is 12.7. The number of aromatic nitrogens is 3. The molecule has 0 saturated carbocycles. The summed E-state index contributed by atoms with van der Waals surface area (Å²) in [6.07, 6.45) is 1.50. The third-order valence-electron chi connectivity index (χ3n) is 4.23. The zero-order chi connectivity index (χ0) is 19.1. The minimum Gasteiger partial charge on any atom is -0.497 e. The summed E-state index contributed by atoms with van der Waals surface area (Å²) in [5, 5.41) is 1.82. The number of aryl methyl sites for hydroxylation is 1. The van der Waals surface area contributed by atoms with E-state index in [-0.39, 0.29) is 12.3 Å².